The minimum atomic E-state index is -3.59. The zero-order chi connectivity index (χ0) is 20.5. The lowest BCUT2D eigenvalue weighted by atomic mass is 9.89. The summed E-state index contributed by atoms with van der Waals surface area (Å²) in [6, 6.07) is 3.11. The minimum absolute atomic E-state index is 0.0582. The number of hydrogen-bond donors (Lipinski definition) is 1. The van der Waals surface area contributed by atoms with Crippen LogP contribution in [0.3, 0.4) is 0 Å². The van der Waals surface area contributed by atoms with Gasteiger partial charge in [-0.15, -0.1) is 0 Å². The predicted octanol–water partition coefficient (Wildman–Crippen LogP) is 2.00. The van der Waals surface area contributed by atoms with Crippen molar-refractivity contribution in [3.8, 4) is 0 Å². The molecule has 1 saturated carbocycles. The zero-order valence-electron chi connectivity index (χ0n) is 17.3. The molecule has 0 radical (unpaired) electrons. The minimum Gasteiger partial charge on any atom is -0.376 e. The van der Waals surface area contributed by atoms with Crippen molar-refractivity contribution in [1.82, 2.24) is 13.6 Å². The maximum absolute atomic E-state index is 12.9. The second-order valence-corrected chi connectivity index (χ2v) is 10.4. The highest BCUT2D eigenvalue weighted by Gasteiger charge is 2.34. The monoisotopic (exact) mass is 411 g/mol. The Balaban J connectivity index is 1.85. The maximum atomic E-state index is 12.9. The number of ether oxygens (including phenoxy) is 1. The summed E-state index contributed by atoms with van der Waals surface area (Å²) in [4.78, 5) is 12.9. The Bertz CT molecular complexity index is 841. The molecule has 0 bridgehead atoms. The molecule has 2 atom stereocenters. The number of nitrogens with one attached hydrogen (secondary N) is 1. The van der Waals surface area contributed by atoms with Crippen LogP contribution in [0.2, 0.25) is 0 Å². The van der Waals surface area contributed by atoms with Crippen LogP contribution in [0.5, 0.6) is 0 Å². The summed E-state index contributed by atoms with van der Waals surface area (Å²) >= 11 is 0. The Morgan fingerprint density at radius 3 is 2.50 bits per heavy atom. The van der Waals surface area contributed by atoms with Crippen molar-refractivity contribution >= 4 is 10.2 Å². The summed E-state index contributed by atoms with van der Waals surface area (Å²) in [5, 5.41) is 0. The van der Waals surface area contributed by atoms with Crippen molar-refractivity contribution in [2.24, 2.45) is 5.92 Å². The van der Waals surface area contributed by atoms with Crippen LogP contribution in [0.1, 0.15) is 56.3 Å². The highest BCUT2D eigenvalue weighted by atomic mass is 32.2. The fourth-order valence-corrected chi connectivity index (χ4v) is 5.06. The van der Waals surface area contributed by atoms with Crippen LogP contribution >= 0.6 is 0 Å². The first-order valence-electron chi connectivity index (χ1n) is 10.2. The summed E-state index contributed by atoms with van der Waals surface area (Å²) in [6.07, 6.45) is 5.85. The van der Waals surface area contributed by atoms with E-state index in [0.717, 1.165) is 37.3 Å². The maximum Gasteiger partial charge on any atom is 0.279 e. The Hall–Kier alpha value is -1.22. The molecular weight excluding hydrogens is 378 g/mol. The number of rotatable bonds is 6. The first kappa shape index (κ1) is 21.5. The second-order valence-electron chi connectivity index (χ2n) is 8.52. The van der Waals surface area contributed by atoms with Gasteiger partial charge in [0.25, 0.3) is 15.8 Å². The van der Waals surface area contributed by atoms with Gasteiger partial charge in [0.1, 0.15) is 0 Å². The van der Waals surface area contributed by atoms with Crippen LogP contribution in [0.4, 0.5) is 0 Å². The number of aryl methyl sites for hydroxylation is 2. The number of hydrogen-bond acceptors (Lipinski definition) is 4. The molecule has 0 aromatic carbocycles. The van der Waals surface area contributed by atoms with E-state index in [4.69, 9.17) is 4.74 Å². The lowest BCUT2D eigenvalue weighted by molar-refractivity contribution is -0.00546. The van der Waals surface area contributed by atoms with Crippen molar-refractivity contribution in [1.29, 1.82) is 0 Å². The molecular formula is C20H33N3O4S. The molecule has 2 unspecified atom stereocenters. The van der Waals surface area contributed by atoms with Crippen LogP contribution in [-0.4, -0.2) is 50.1 Å². The summed E-state index contributed by atoms with van der Waals surface area (Å²) in [7, 11) is -0.586. The van der Waals surface area contributed by atoms with Gasteiger partial charge >= 0.3 is 0 Å². The third-order valence-corrected chi connectivity index (χ3v) is 7.71. The number of nitrogens with zero attached hydrogens (tertiary/aromatic N) is 2. The van der Waals surface area contributed by atoms with Gasteiger partial charge in [-0.3, -0.25) is 4.79 Å². The van der Waals surface area contributed by atoms with E-state index in [9.17, 15) is 13.2 Å². The van der Waals surface area contributed by atoms with Crippen LogP contribution in [0, 0.1) is 12.8 Å². The van der Waals surface area contributed by atoms with Crippen LogP contribution in [-0.2, 0) is 21.4 Å². The van der Waals surface area contributed by atoms with Crippen LogP contribution in [0.15, 0.2) is 16.9 Å². The van der Waals surface area contributed by atoms with E-state index in [1.807, 2.05) is 12.1 Å². The van der Waals surface area contributed by atoms with Gasteiger partial charge in [0.05, 0.1) is 18.8 Å². The van der Waals surface area contributed by atoms with E-state index in [1.165, 1.54) is 18.4 Å². The highest BCUT2D eigenvalue weighted by Crippen LogP contribution is 2.29. The Kier molecular flexibility index (Phi) is 6.64. The molecule has 1 aliphatic carbocycles. The van der Waals surface area contributed by atoms with Gasteiger partial charge in [-0.1, -0.05) is 13.0 Å². The number of fused-ring (bicyclic) bond motifs is 1. The topological polar surface area (TPSA) is 80.6 Å². The van der Waals surface area contributed by atoms with E-state index >= 15 is 0 Å². The van der Waals surface area contributed by atoms with Crippen LogP contribution < -0.4 is 10.3 Å². The average Bonchev–Trinajstić information content (AvgIpc) is 2.64. The van der Waals surface area contributed by atoms with Gasteiger partial charge in [0.2, 0.25) is 0 Å². The summed E-state index contributed by atoms with van der Waals surface area (Å²) in [6.45, 7) is 4.40. The van der Waals surface area contributed by atoms with Crippen LogP contribution in [0.25, 0.3) is 0 Å². The fraction of sp³-hybridized carbons (Fsp3) is 0.750. The summed E-state index contributed by atoms with van der Waals surface area (Å²) in [5.41, 5.74) is 1.55. The summed E-state index contributed by atoms with van der Waals surface area (Å²) in [5.74, 6) is 0.736. The van der Waals surface area contributed by atoms with E-state index in [-0.39, 0.29) is 23.7 Å². The van der Waals surface area contributed by atoms with E-state index in [1.54, 1.807) is 11.5 Å². The largest absolute Gasteiger partial charge is 0.376 e. The molecule has 2 aliphatic rings. The molecule has 28 heavy (non-hydrogen) atoms. The molecule has 0 amide bonds. The number of aromatic nitrogens is 1. The van der Waals surface area contributed by atoms with Crippen molar-refractivity contribution in [2.45, 2.75) is 70.6 Å². The third-order valence-electron chi connectivity index (χ3n) is 6.15. The Labute approximate surface area is 168 Å². The van der Waals surface area contributed by atoms with Crippen molar-refractivity contribution in [2.75, 3.05) is 20.7 Å². The van der Waals surface area contributed by atoms with Gasteiger partial charge in [0.15, 0.2) is 0 Å². The van der Waals surface area contributed by atoms with Gasteiger partial charge in [-0.2, -0.15) is 17.4 Å². The molecule has 1 fully saturated rings. The zero-order valence-corrected chi connectivity index (χ0v) is 18.2. The molecule has 3 rings (SSSR count). The smallest absolute Gasteiger partial charge is 0.279 e. The normalized spacial score (nSPS) is 28.3. The van der Waals surface area contributed by atoms with E-state index in [0.29, 0.717) is 25.0 Å². The van der Waals surface area contributed by atoms with Gasteiger partial charge in [-0.25, -0.2) is 0 Å². The molecule has 8 heteroatoms. The molecule has 0 saturated heterocycles. The van der Waals surface area contributed by atoms with E-state index < -0.39 is 10.2 Å². The third kappa shape index (κ3) is 4.67. The van der Waals surface area contributed by atoms with Crippen molar-refractivity contribution < 1.29 is 13.2 Å². The first-order chi connectivity index (χ1) is 13.2. The molecule has 0 spiro atoms. The van der Waals surface area contributed by atoms with Gasteiger partial charge < -0.3 is 9.30 Å². The molecule has 1 aliphatic heterocycles. The second kappa shape index (κ2) is 8.65. The molecule has 1 aromatic heterocycles. The van der Waals surface area contributed by atoms with Crippen molar-refractivity contribution in [3.63, 3.8) is 0 Å². The molecule has 1 N–H and O–H groups in total. The quantitative estimate of drug-likeness (QED) is 0.776. The molecule has 1 aromatic rings. The Morgan fingerprint density at radius 1 is 1.18 bits per heavy atom. The van der Waals surface area contributed by atoms with Gasteiger partial charge in [0, 0.05) is 31.4 Å². The lowest BCUT2D eigenvalue weighted by Gasteiger charge is -2.37. The first-order valence-corrected chi connectivity index (χ1v) is 11.7. The fourth-order valence-electron chi connectivity index (χ4n) is 4.19. The van der Waals surface area contributed by atoms with Gasteiger partial charge in [-0.05, 0) is 57.4 Å². The lowest BCUT2D eigenvalue weighted by Crippen LogP contribution is -2.52. The predicted molar refractivity (Wildman–Crippen MR) is 110 cm³/mol. The Morgan fingerprint density at radius 2 is 1.86 bits per heavy atom. The molecule has 7 nitrogen and oxygen atoms in total. The molecule has 158 valence electrons. The summed E-state index contributed by atoms with van der Waals surface area (Å²) < 4.78 is 36.8. The SMILES string of the molecule is Cc1ccc2n(c1=O)C(COC1CCC(C)CC1)C(NS(=O)(=O)N(C)C)CC2. The van der Waals surface area contributed by atoms with E-state index in [2.05, 4.69) is 11.6 Å². The average molecular weight is 412 g/mol. The highest BCUT2D eigenvalue weighted by molar-refractivity contribution is 7.87. The molecule has 2 heterocycles. The van der Waals surface area contributed by atoms with Crippen molar-refractivity contribution in [3.05, 3.63) is 33.7 Å². The number of pyridine rings is 1. The standard InChI is InChI=1S/C20H33N3O4S/c1-14-5-10-17(11-6-14)27-13-19-18(21-28(25,26)22(3)4)12-9-16-8-7-15(2)20(24)23(16)19/h7-8,14,17-19,21H,5-6,9-13H2,1-4H3.